The molecule has 7 heteroatoms. The molecule has 110 valence electrons. The first kappa shape index (κ1) is 15.4. The predicted octanol–water partition coefficient (Wildman–Crippen LogP) is 2.90. The van der Waals surface area contributed by atoms with Gasteiger partial charge >= 0.3 is 0 Å². The highest BCUT2D eigenvalue weighted by molar-refractivity contribution is 6.35. The van der Waals surface area contributed by atoms with E-state index in [0.717, 1.165) is 0 Å². The second-order valence-electron chi connectivity index (χ2n) is 4.31. The van der Waals surface area contributed by atoms with Crippen LogP contribution in [0.25, 0.3) is 0 Å². The van der Waals surface area contributed by atoms with Crippen molar-refractivity contribution in [3.63, 3.8) is 0 Å². The van der Waals surface area contributed by atoms with Crippen LogP contribution < -0.4 is 10.9 Å². The van der Waals surface area contributed by atoms with Gasteiger partial charge in [0.15, 0.2) is 0 Å². The van der Waals surface area contributed by atoms with Crippen LogP contribution >= 0.6 is 23.2 Å². The number of carbonyl (C=O) groups is 2. The Bertz CT molecular complexity index is 683. The third-order valence-corrected chi connectivity index (χ3v) is 3.37. The summed E-state index contributed by atoms with van der Waals surface area (Å²) < 4.78 is 5.01. The Kier molecular flexibility index (Phi) is 4.88. The first-order valence-corrected chi connectivity index (χ1v) is 6.80. The highest BCUT2D eigenvalue weighted by Crippen LogP contribution is 2.21. The van der Waals surface area contributed by atoms with Gasteiger partial charge in [0.05, 0.1) is 18.2 Å². The molecule has 5 nitrogen and oxygen atoms in total. The molecule has 2 rings (SSSR count). The van der Waals surface area contributed by atoms with Crippen molar-refractivity contribution in [1.82, 2.24) is 10.9 Å². The smallest absolute Gasteiger partial charge is 0.273 e. The van der Waals surface area contributed by atoms with E-state index in [1.165, 1.54) is 12.3 Å². The van der Waals surface area contributed by atoms with Gasteiger partial charge in [0.1, 0.15) is 5.76 Å². The molecule has 0 atom stereocenters. The number of benzene rings is 1. The summed E-state index contributed by atoms with van der Waals surface area (Å²) in [6.45, 7) is 1.66. The van der Waals surface area contributed by atoms with E-state index in [0.29, 0.717) is 26.9 Å². The zero-order valence-electron chi connectivity index (χ0n) is 11.1. The number of rotatable bonds is 3. The van der Waals surface area contributed by atoms with E-state index >= 15 is 0 Å². The minimum absolute atomic E-state index is 0.0284. The molecule has 2 aromatic rings. The van der Waals surface area contributed by atoms with Crippen molar-refractivity contribution < 1.29 is 14.0 Å². The number of hydrogen-bond acceptors (Lipinski definition) is 3. The van der Waals surface area contributed by atoms with Gasteiger partial charge in [-0.3, -0.25) is 20.4 Å². The molecule has 2 N–H and O–H groups in total. The van der Waals surface area contributed by atoms with Crippen LogP contribution in [0.5, 0.6) is 0 Å². The van der Waals surface area contributed by atoms with E-state index in [4.69, 9.17) is 27.6 Å². The second-order valence-corrected chi connectivity index (χ2v) is 5.15. The Morgan fingerprint density at radius 2 is 1.95 bits per heavy atom. The molecule has 0 unspecified atom stereocenters. The third-order valence-electron chi connectivity index (χ3n) is 2.79. The van der Waals surface area contributed by atoms with Crippen molar-refractivity contribution in [2.45, 2.75) is 13.3 Å². The summed E-state index contributed by atoms with van der Waals surface area (Å²) in [6.07, 6.45) is 1.43. The van der Waals surface area contributed by atoms with Crippen LogP contribution in [-0.4, -0.2) is 11.8 Å². The number of hydrazine groups is 1. The minimum atomic E-state index is -0.447. The summed E-state index contributed by atoms with van der Waals surface area (Å²) in [7, 11) is 0. The van der Waals surface area contributed by atoms with Gasteiger partial charge in [-0.25, -0.2) is 0 Å². The topological polar surface area (TPSA) is 71.3 Å². The molecule has 0 aliphatic heterocycles. The molecule has 1 aromatic carbocycles. The molecule has 0 spiro atoms. The maximum atomic E-state index is 11.8. The summed E-state index contributed by atoms with van der Waals surface area (Å²) in [5, 5.41) is 0.891. The van der Waals surface area contributed by atoms with Gasteiger partial charge in [-0.15, -0.1) is 0 Å². The molecule has 0 saturated carbocycles. The third kappa shape index (κ3) is 4.00. The van der Waals surface area contributed by atoms with Crippen molar-refractivity contribution in [2.24, 2.45) is 0 Å². The quantitative estimate of drug-likeness (QED) is 0.852. The van der Waals surface area contributed by atoms with Gasteiger partial charge in [0.25, 0.3) is 5.91 Å². The lowest BCUT2D eigenvalue weighted by Gasteiger charge is -2.08. The van der Waals surface area contributed by atoms with Crippen LogP contribution in [0.4, 0.5) is 0 Å². The summed E-state index contributed by atoms with van der Waals surface area (Å²) in [6, 6.07) is 6.38. The van der Waals surface area contributed by atoms with Crippen LogP contribution in [0.15, 0.2) is 34.9 Å². The van der Waals surface area contributed by atoms with Gasteiger partial charge < -0.3 is 4.42 Å². The molecule has 1 heterocycles. The van der Waals surface area contributed by atoms with E-state index in [1.807, 2.05) is 0 Å². The van der Waals surface area contributed by atoms with E-state index in [2.05, 4.69) is 10.9 Å². The highest BCUT2D eigenvalue weighted by atomic mass is 35.5. The van der Waals surface area contributed by atoms with E-state index in [-0.39, 0.29) is 6.42 Å². The number of amides is 2. The first-order chi connectivity index (χ1) is 9.97. The van der Waals surface area contributed by atoms with Crippen LogP contribution in [0.2, 0.25) is 10.0 Å². The van der Waals surface area contributed by atoms with Crippen LogP contribution in [0, 0.1) is 6.92 Å². The molecule has 0 aliphatic carbocycles. The molecule has 0 fully saturated rings. The van der Waals surface area contributed by atoms with Crippen LogP contribution in [0.1, 0.15) is 21.7 Å². The Morgan fingerprint density at radius 1 is 1.19 bits per heavy atom. The molecule has 2 amide bonds. The standard InChI is InChI=1S/C14H12Cl2N2O3/c1-8-11(4-5-21-8)14(20)18-17-13(19)6-9-2-3-10(15)7-12(9)16/h2-5,7H,6H2,1H3,(H,17,19)(H,18,20). The van der Waals surface area contributed by atoms with Gasteiger partial charge in [-0.1, -0.05) is 29.3 Å². The number of carbonyl (C=O) groups excluding carboxylic acids is 2. The lowest BCUT2D eigenvalue weighted by Crippen LogP contribution is -2.42. The van der Waals surface area contributed by atoms with Crippen LogP contribution in [-0.2, 0) is 11.2 Å². The van der Waals surface area contributed by atoms with Gasteiger partial charge in [0, 0.05) is 10.0 Å². The average molecular weight is 327 g/mol. The fourth-order valence-corrected chi connectivity index (χ4v) is 2.17. The van der Waals surface area contributed by atoms with Crippen LogP contribution in [0.3, 0.4) is 0 Å². The first-order valence-electron chi connectivity index (χ1n) is 6.04. The SMILES string of the molecule is Cc1occc1C(=O)NNC(=O)Cc1ccc(Cl)cc1Cl. The summed E-state index contributed by atoms with van der Waals surface area (Å²) >= 11 is 11.8. The zero-order valence-corrected chi connectivity index (χ0v) is 12.6. The van der Waals surface area contributed by atoms with Crippen molar-refractivity contribution in [1.29, 1.82) is 0 Å². The molecule has 0 saturated heterocycles. The maximum absolute atomic E-state index is 11.8. The Balaban J connectivity index is 1.90. The number of nitrogens with one attached hydrogen (secondary N) is 2. The maximum Gasteiger partial charge on any atom is 0.273 e. The van der Waals surface area contributed by atoms with Crippen molar-refractivity contribution >= 4 is 35.0 Å². The van der Waals surface area contributed by atoms with Crippen molar-refractivity contribution in [3.05, 3.63) is 57.5 Å². The summed E-state index contributed by atoms with van der Waals surface area (Å²) in [4.78, 5) is 23.5. The zero-order chi connectivity index (χ0) is 15.4. The highest BCUT2D eigenvalue weighted by Gasteiger charge is 2.13. The number of halogens is 2. The molecular weight excluding hydrogens is 315 g/mol. The molecular formula is C14H12Cl2N2O3. The predicted molar refractivity (Wildman–Crippen MR) is 79.2 cm³/mol. The number of furan rings is 1. The molecule has 0 aliphatic rings. The summed E-state index contributed by atoms with van der Waals surface area (Å²) in [5.74, 6) is -0.368. The van der Waals surface area contributed by atoms with E-state index in [1.54, 1.807) is 25.1 Å². The fourth-order valence-electron chi connectivity index (χ4n) is 1.70. The fraction of sp³-hybridized carbons (Fsp3) is 0.143. The van der Waals surface area contributed by atoms with Crippen molar-refractivity contribution in [3.8, 4) is 0 Å². The van der Waals surface area contributed by atoms with Gasteiger partial charge in [0.2, 0.25) is 5.91 Å². The molecule has 0 bridgehead atoms. The Morgan fingerprint density at radius 3 is 2.57 bits per heavy atom. The Hall–Kier alpha value is -1.98. The average Bonchev–Trinajstić information content (AvgIpc) is 2.85. The van der Waals surface area contributed by atoms with E-state index in [9.17, 15) is 9.59 Å². The summed E-state index contributed by atoms with van der Waals surface area (Å²) in [5.41, 5.74) is 5.60. The van der Waals surface area contributed by atoms with E-state index < -0.39 is 11.8 Å². The second kappa shape index (κ2) is 6.65. The van der Waals surface area contributed by atoms with Gasteiger partial charge in [-0.2, -0.15) is 0 Å². The minimum Gasteiger partial charge on any atom is -0.469 e. The monoisotopic (exact) mass is 326 g/mol. The van der Waals surface area contributed by atoms with Gasteiger partial charge in [-0.05, 0) is 30.7 Å². The molecule has 21 heavy (non-hydrogen) atoms. The number of aryl methyl sites for hydroxylation is 1. The number of hydrogen-bond donors (Lipinski definition) is 2. The van der Waals surface area contributed by atoms with Crippen molar-refractivity contribution in [2.75, 3.05) is 0 Å². The molecule has 1 aromatic heterocycles. The molecule has 0 radical (unpaired) electrons. The Labute approximate surface area is 131 Å². The lowest BCUT2D eigenvalue weighted by atomic mass is 10.1. The largest absolute Gasteiger partial charge is 0.469 e. The lowest BCUT2D eigenvalue weighted by molar-refractivity contribution is -0.121. The normalized spacial score (nSPS) is 10.2.